The van der Waals surface area contributed by atoms with Crippen LogP contribution in [0, 0.1) is 6.92 Å². The Morgan fingerprint density at radius 1 is 1.47 bits per heavy atom. The van der Waals surface area contributed by atoms with Gasteiger partial charge in [-0.25, -0.2) is 4.79 Å². The van der Waals surface area contributed by atoms with Crippen molar-refractivity contribution in [1.82, 2.24) is 0 Å². The van der Waals surface area contributed by atoms with E-state index in [9.17, 15) is 4.79 Å². The molecule has 0 bridgehead atoms. The molecule has 0 heterocycles. The van der Waals surface area contributed by atoms with Gasteiger partial charge in [0.2, 0.25) is 0 Å². The van der Waals surface area contributed by atoms with E-state index in [4.69, 9.17) is 5.11 Å². The fourth-order valence-electron chi connectivity index (χ4n) is 1.17. The molecule has 2 nitrogen and oxygen atoms in total. The van der Waals surface area contributed by atoms with E-state index >= 15 is 0 Å². The van der Waals surface area contributed by atoms with E-state index in [1.54, 1.807) is 17.8 Å². The molecule has 0 aliphatic rings. The molecule has 0 atom stereocenters. The monoisotopic (exact) mass is 297 g/mol. The van der Waals surface area contributed by atoms with E-state index in [2.05, 4.69) is 0 Å². The zero-order valence-electron chi connectivity index (χ0n) is 8.73. The summed E-state index contributed by atoms with van der Waals surface area (Å²) in [6.07, 6.45) is 4.77. The fraction of sp³-hybridized carbons (Fsp3) is 0.182. The molecular weight excluding hydrogens is 285 g/mol. The van der Waals surface area contributed by atoms with E-state index in [0.717, 1.165) is 11.6 Å². The second-order valence-corrected chi connectivity index (χ2v) is 3.75. The molecule has 0 aliphatic heterocycles. The van der Waals surface area contributed by atoms with Crippen molar-refractivity contribution in [3.05, 3.63) is 35.4 Å². The first-order valence-electron chi connectivity index (χ1n) is 4.19. The van der Waals surface area contributed by atoms with Crippen molar-refractivity contribution in [3.63, 3.8) is 0 Å². The first-order valence-corrected chi connectivity index (χ1v) is 5.41. The summed E-state index contributed by atoms with van der Waals surface area (Å²) >= 11 is 1.69. The van der Waals surface area contributed by atoms with Crippen LogP contribution < -0.4 is 0 Å². The molecular formula is C11H12O2SY. The molecule has 1 aromatic rings. The van der Waals surface area contributed by atoms with Crippen molar-refractivity contribution < 1.29 is 42.6 Å². The Bertz CT molecular complexity index is 375. The summed E-state index contributed by atoms with van der Waals surface area (Å²) < 4.78 is 0. The zero-order valence-corrected chi connectivity index (χ0v) is 12.4. The number of hydrogen-bond donors (Lipinski definition) is 1. The molecule has 0 fully saturated rings. The zero-order chi connectivity index (χ0) is 10.6. The molecule has 77 valence electrons. The summed E-state index contributed by atoms with van der Waals surface area (Å²) in [6.45, 7) is 2.02. The van der Waals surface area contributed by atoms with Crippen LogP contribution in [0.25, 0.3) is 6.08 Å². The summed E-state index contributed by atoms with van der Waals surface area (Å²) in [5, 5.41) is 8.45. The largest absolute Gasteiger partial charge is 0.478 e. The fourth-order valence-corrected chi connectivity index (χ4v) is 1.76. The van der Waals surface area contributed by atoms with Gasteiger partial charge >= 0.3 is 5.97 Å². The van der Waals surface area contributed by atoms with Gasteiger partial charge in [-0.15, -0.1) is 11.8 Å². The maximum absolute atomic E-state index is 10.3. The molecule has 1 aromatic carbocycles. The van der Waals surface area contributed by atoms with Gasteiger partial charge in [0.15, 0.2) is 0 Å². The Hall–Kier alpha value is -0.116. The minimum Gasteiger partial charge on any atom is -0.478 e. The van der Waals surface area contributed by atoms with Gasteiger partial charge in [-0.2, -0.15) is 0 Å². The van der Waals surface area contributed by atoms with E-state index in [1.165, 1.54) is 10.5 Å². The number of carboxylic acid groups (broad SMARTS) is 1. The average Bonchev–Trinajstić information content (AvgIpc) is 2.15. The van der Waals surface area contributed by atoms with Crippen LogP contribution in [-0.2, 0) is 37.5 Å². The van der Waals surface area contributed by atoms with Gasteiger partial charge in [-0.3, -0.25) is 0 Å². The molecule has 0 amide bonds. The molecule has 15 heavy (non-hydrogen) atoms. The van der Waals surface area contributed by atoms with Crippen LogP contribution >= 0.6 is 11.8 Å². The number of carbonyl (C=O) groups is 1. The van der Waals surface area contributed by atoms with Crippen LogP contribution in [0.1, 0.15) is 11.1 Å². The van der Waals surface area contributed by atoms with E-state index in [0.29, 0.717) is 0 Å². The topological polar surface area (TPSA) is 37.3 Å². The Morgan fingerprint density at radius 3 is 2.60 bits per heavy atom. The van der Waals surface area contributed by atoms with Crippen LogP contribution in [0.3, 0.4) is 0 Å². The van der Waals surface area contributed by atoms with Crippen LogP contribution in [0.4, 0.5) is 0 Å². The van der Waals surface area contributed by atoms with Gasteiger partial charge in [0.05, 0.1) is 0 Å². The van der Waals surface area contributed by atoms with Crippen molar-refractivity contribution in [2.24, 2.45) is 0 Å². The first-order chi connectivity index (χ1) is 6.63. The van der Waals surface area contributed by atoms with Crippen LogP contribution in [0.15, 0.2) is 29.2 Å². The van der Waals surface area contributed by atoms with E-state index < -0.39 is 5.97 Å². The standard InChI is InChI=1S/C11H12O2S.Y/c1-8-7-9(4-6-11(12)13)3-5-10(8)14-2;/h3-7H,1-2H3,(H,12,13);/b6-4+;. The molecule has 4 heteroatoms. The van der Waals surface area contributed by atoms with Gasteiger partial charge in [0.1, 0.15) is 0 Å². The van der Waals surface area contributed by atoms with Crippen molar-refractivity contribution in [2.45, 2.75) is 11.8 Å². The molecule has 0 saturated heterocycles. The summed E-state index contributed by atoms with van der Waals surface area (Å²) in [5.74, 6) is -0.920. The number of aryl methyl sites for hydroxylation is 1. The first kappa shape index (κ1) is 14.9. The second-order valence-electron chi connectivity index (χ2n) is 2.90. The van der Waals surface area contributed by atoms with Crippen LogP contribution in [0.5, 0.6) is 0 Å². The third-order valence-corrected chi connectivity index (χ3v) is 2.74. The Balaban J connectivity index is 0.00000196. The average molecular weight is 297 g/mol. The van der Waals surface area contributed by atoms with Crippen LogP contribution in [-0.4, -0.2) is 17.3 Å². The quantitative estimate of drug-likeness (QED) is 0.688. The molecule has 0 saturated carbocycles. The van der Waals surface area contributed by atoms with Crippen molar-refractivity contribution in [2.75, 3.05) is 6.26 Å². The molecule has 1 rings (SSSR count). The minimum absolute atomic E-state index is 0. The van der Waals surface area contributed by atoms with Crippen molar-refractivity contribution >= 4 is 23.8 Å². The maximum atomic E-state index is 10.3. The third-order valence-electron chi connectivity index (χ3n) is 1.84. The minimum atomic E-state index is -0.920. The van der Waals surface area contributed by atoms with Gasteiger partial charge < -0.3 is 5.11 Å². The molecule has 0 unspecified atom stereocenters. The van der Waals surface area contributed by atoms with Crippen molar-refractivity contribution in [3.8, 4) is 0 Å². The maximum Gasteiger partial charge on any atom is 0.328 e. The number of carboxylic acids is 1. The number of rotatable bonds is 3. The molecule has 1 radical (unpaired) electrons. The van der Waals surface area contributed by atoms with Gasteiger partial charge in [-0.1, -0.05) is 12.1 Å². The second kappa shape index (κ2) is 7.21. The Labute approximate surface area is 119 Å². The number of benzene rings is 1. The van der Waals surface area contributed by atoms with E-state index in [1.807, 2.05) is 31.4 Å². The smallest absolute Gasteiger partial charge is 0.328 e. The Kier molecular flexibility index (Phi) is 7.15. The third kappa shape index (κ3) is 4.96. The van der Waals surface area contributed by atoms with Gasteiger partial charge in [-0.05, 0) is 36.4 Å². The summed E-state index contributed by atoms with van der Waals surface area (Å²) in [4.78, 5) is 11.5. The molecule has 0 aliphatic carbocycles. The summed E-state index contributed by atoms with van der Waals surface area (Å²) in [6, 6.07) is 5.89. The van der Waals surface area contributed by atoms with Gasteiger partial charge in [0, 0.05) is 43.7 Å². The molecule has 0 aromatic heterocycles. The predicted octanol–water partition coefficient (Wildman–Crippen LogP) is 2.81. The van der Waals surface area contributed by atoms with Crippen LogP contribution in [0.2, 0.25) is 0 Å². The Morgan fingerprint density at radius 2 is 2.13 bits per heavy atom. The normalized spacial score (nSPS) is 10.0. The molecule has 0 spiro atoms. The van der Waals surface area contributed by atoms with Crippen molar-refractivity contribution in [1.29, 1.82) is 0 Å². The van der Waals surface area contributed by atoms with E-state index in [-0.39, 0.29) is 32.7 Å². The SMILES string of the molecule is CSc1ccc(/C=C/C(=O)O)cc1C.[Y]. The summed E-state index contributed by atoms with van der Waals surface area (Å²) in [7, 11) is 0. The number of aliphatic carboxylic acids is 1. The number of thioether (sulfide) groups is 1. The summed E-state index contributed by atoms with van der Waals surface area (Å²) in [5.41, 5.74) is 2.09. The molecule has 1 N–H and O–H groups in total. The van der Waals surface area contributed by atoms with Gasteiger partial charge in [0.25, 0.3) is 0 Å². The predicted molar refractivity (Wildman–Crippen MR) is 59.6 cm³/mol. The number of hydrogen-bond acceptors (Lipinski definition) is 2.